The van der Waals surface area contributed by atoms with Crippen molar-refractivity contribution in [1.29, 1.82) is 0 Å². The minimum atomic E-state index is -1.39. The lowest BCUT2D eigenvalue weighted by atomic mass is 10.1. The van der Waals surface area contributed by atoms with Gasteiger partial charge in [-0.25, -0.2) is 13.6 Å². The third-order valence-electron chi connectivity index (χ3n) is 5.70. The zero-order valence-electron chi connectivity index (χ0n) is 13.8. The Hall–Kier alpha value is -2.48. The second-order valence-corrected chi connectivity index (χ2v) is 7.38. The van der Waals surface area contributed by atoms with Crippen LogP contribution in [0.5, 0.6) is 0 Å². The number of halogens is 2. The number of benzene rings is 1. The number of pyridine rings is 1. The van der Waals surface area contributed by atoms with Crippen LogP contribution in [-0.2, 0) is 0 Å². The van der Waals surface area contributed by atoms with Gasteiger partial charge in [0.25, 0.3) is 0 Å². The van der Waals surface area contributed by atoms with E-state index >= 15 is 4.39 Å². The van der Waals surface area contributed by atoms with Crippen molar-refractivity contribution in [2.45, 2.75) is 37.4 Å². The number of carboxylic acids is 1. The van der Waals surface area contributed by atoms with E-state index in [1.54, 1.807) is 4.90 Å². The largest absolute Gasteiger partial charge is 0.477 e. The van der Waals surface area contributed by atoms with Gasteiger partial charge in [0, 0.05) is 37.4 Å². The molecule has 2 atom stereocenters. The van der Waals surface area contributed by atoms with Crippen molar-refractivity contribution in [2.24, 2.45) is 0 Å². The highest BCUT2D eigenvalue weighted by Crippen LogP contribution is 2.41. The lowest BCUT2D eigenvalue weighted by molar-refractivity contribution is 0.0695. The van der Waals surface area contributed by atoms with Gasteiger partial charge in [-0.15, -0.1) is 0 Å². The third kappa shape index (κ3) is 2.11. The maximum Gasteiger partial charge on any atom is 0.341 e. The maximum absolute atomic E-state index is 15.5. The van der Waals surface area contributed by atoms with Crippen molar-refractivity contribution in [1.82, 2.24) is 9.88 Å². The number of piperazine rings is 1. The molecular weight excluding hydrogens is 344 g/mol. The average molecular weight is 361 g/mol. The van der Waals surface area contributed by atoms with Gasteiger partial charge in [0.05, 0.1) is 10.9 Å². The molecule has 2 aliphatic heterocycles. The molecule has 2 unspecified atom stereocenters. The Balaban J connectivity index is 1.79. The summed E-state index contributed by atoms with van der Waals surface area (Å²) in [6.07, 6.45) is 3.60. The molecule has 0 spiro atoms. The van der Waals surface area contributed by atoms with Gasteiger partial charge in [-0.3, -0.25) is 4.79 Å². The Labute approximate surface area is 147 Å². The monoisotopic (exact) mass is 361 g/mol. The molecule has 0 amide bonds. The van der Waals surface area contributed by atoms with Crippen LogP contribution < -0.4 is 15.6 Å². The van der Waals surface area contributed by atoms with E-state index in [9.17, 15) is 19.1 Å². The van der Waals surface area contributed by atoms with Crippen LogP contribution in [0.4, 0.5) is 14.5 Å². The van der Waals surface area contributed by atoms with Gasteiger partial charge in [0.1, 0.15) is 17.1 Å². The molecule has 2 bridgehead atoms. The number of rotatable bonds is 3. The normalized spacial score (nSPS) is 24.6. The number of aromatic carboxylic acids is 1. The highest BCUT2D eigenvalue weighted by atomic mass is 19.1. The molecule has 1 aliphatic carbocycles. The first-order valence-corrected chi connectivity index (χ1v) is 8.76. The molecular formula is C18H17F2N3O3. The molecule has 3 heterocycles. The number of hydrogen-bond donors (Lipinski definition) is 2. The fourth-order valence-electron chi connectivity index (χ4n) is 4.32. The quantitative estimate of drug-likeness (QED) is 0.873. The summed E-state index contributed by atoms with van der Waals surface area (Å²) >= 11 is 0. The second-order valence-electron chi connectivity index (χ2n) is 7.38. The smallest absolute Gasteiger partial charge is 0.341 e. The molecule has 0 radical (unpaired) electrons. The molecule has 2 saturated heterocycles. The summed E-state index contributed by atoms with van der Waals surface area (Å²) in [5.74, 6) is -2.97. The van der Waals surface area contributed by atoms with Crippen molar-refractivity contribution in [2.75, 3.05) is 18.0 Å². The molecule has 2 N–H and O–H groups in total. The van der Waals surface area contributed by atoms with E-state index in [-0.39, 0.29) is 34.7 Å². The molecule has 1 aromatic carbocycles. The highest BCUT2D eigenvalue weighted by molar-refractivity contribution is 5.94. The summed E-state index contributed by atoms with van der Waals surface area (Å²) in [6, 6.07) is 1.19. The van der Waals surface area contributed by atoms with Crippen molar-refractivity contribution < 1.29 is 18.7 Å². The SMILES string of the molecule is O=C(O)c1cn(C2CC2)c2c(F)c(N3CC4CC3CN4)c(F)cc2c1=O. The number of carbonyl (C=O) groups is 1. The molecule has 1 saturated carbocycles. The zero-order valence-corrected chi connectivity index (χ0v) is 13.8. The predicted octanol–water partition coefficient (Wildman–Crippen LogP) is 1.86. The van der Waals surface area contributed by atoms with Crippen molar-refractivity contribution in [3.8, 4) is 0 Å². The average Bonchev–Trinajstić information content (AvgIpc) is 3.22. The van der Waals surface area contributed by atoms with Crippen LogP contribution in [0.25, 0.3) is 10.9 Å². The van der Waals surface area contributed by atoms with E-state index in [2.05, 4.69) is 5.32 Å². The molecule has 1 aromatic heterocycles. The van der Waals surface area contributed by atoms with Gasteiger partial charge in [-0.05, 0) is 25.3 Å². The first-order chi connectivity index (χ1) is 12.5. The van der Waals surface area contributed by atoms with Crippen molar-refractivity contribution in [3.05, 3.63) is 39.7 Å². The molecule has 5 rings (SSSR count). The Morgan fingerprint density at radius 2 is 2.04 bits per heavy atom. The minimum Gasteiger partial charge on any atom is -0.477 e. The zero-order chi connectivity index (χ0) is 18.2. The maximum atomic E-state index is 15.5. The van der Waals surface area contributed by atoms with E-state index < -0.39 is 28.6 Å². The van der Waals surface area contributed by atoms with Crippen LogP contribution in [-0.4, -0.2) is 40.8 Å². The van der Waals surface area contributed by atoms with Gasteiger partial charge in [-0.2, -0.15) is 0 Å². The summed E-state index contributed by atoms with van der Waals surface area (Å²) in [5, 5.41) is 12.4. The Morgan fingerprint density at radius 1 is 1.27 bits per heavy atom. The van der Waals surface area contributed by atoms with Gasteiger partial charge in [-0.1, -0.05) is 0 Å². The fourth-order valence-corrected chi connectivity index (χ4v) is 4.32. The molecule has 26 heavy (non-hydrogen) atoms. The van der Waals surface area contributed by atoms with Crippen LogP contribution >= 0.6 is 0 Å². The van der Waals surface area contributed by atoms with Crippen molar-refractivity contribution >= 4 is 22.6 Å². The van der Waals surface area contributed by atoms with Crippen LogP contribution in [0, 0.1) is 11.6 Å². The van der Waals surface area contributed by atoms with Crippen LogP contribution in [0.3, 0.4) is 0 Å². The Kier molecular flexibility index (Phi) is 3.19. The number of carboxylic acid groups (broad SMARTS) is 1. The fraction of sp³-hybridized carbons (Fsp3) is 0.444. The summed E-state index contributed by atoms with van der Waals surface area (Å²) < 4.78 is 31.8. The van der Waals surface area contributed by atoms with E-state index in [1.165, 1.54) is 10.8 Å². The van der Waals surface area contributed by atoms with Gasteiger partial charge in [0.2, 0.25) is 5.43 Å². The number of fused-ring (bicyclic) bond motifs is 3. The number of nitrogens with one attached hydrogen (secondary N) is 1. The van der Waals surface area contributed by atoms with Gasteiger partial charge >= 0.3 is 5.97 Å². The highest BCUT2D eigenvalue weighted by Gasteiger charge is 2.41. The standard InChI is InChI=1S/C18H17F2N3O3/c19-13-4-11-15(14(20)16(13)22-6-8-3-10(22)5-21-8)23(9-1-2-9)7-12(17(11)24)18(25)26/h4,7-10,21H,1-3,5-6H2,(H,25,26). The molecule has 3 aliphatic rings. The predicted molar refractivity (Wildman–Crippen MR) is 90.9 cm³/mol. The molecule has 3 fully saturated rings. The summed E-state index contributed by atoms with van der Waals surface area (Å²) in [5.41, 5.74) is -1.41. The van der Waals surface area contributed by atoms with Crippen LogP contribution in [0.15, 0.2) is 17.1 Å². The first-order valence-electron chi connectivity index (χ1n) is 8.76. The summed E-state index contributed by atoms with van der Waals surface area (Å²) in [7, 11) is 0. The van der Waals surface area contributed by atoms with Gasteiger partial charge in [0.15, 0.2) is 5.82 Å². The summed E-state index contributed by atoms with van der Waals surface area (Å²) in [4.78, 5) is 25.6. The van der Waals surface area contributed by atoms with E-state index in [4.69, 9.17) is 0 Å². The summed E-state index contributed by atoms with van der Waals surface area (Å²) in [6.45, 7) is 1.19. The van der Waals surface area contributed by atoms with Gasteiger partial charge < -0.3 is 19.9 Å². The lowest BCUT2D eigenvalue weighted by Gasteiger charge is -2.30. The molecule has 8 heteroatoms. The molecule has 136 valence electrons. The number of hydrogen-bond acceptors (Lipinski definition) is 4. The van der Waals surface area contributed by atoms with E-state index in [1.807, 2.05) is 0 Å². The Bertz CT molecular complexity index is 1020. The minimum absolute atomic E-state index is 0.00892. The second kappa shape index (κ2) is 5.26. The third-order valence-corrected chi connectivity index (χ3v) is 5.70. The number of aromatic nitrogens is 1. The molecule has 2 aromatic rings. The molecule has 6 nitrogen and oxygen atoms in total. The topological polar surface area (TPSA) is 74.6 Å². The first kappa shape index (κ1) is 15.7. The van der Waals surface area contributed by atoms with Crippen LogP contribution in [0.2, 0.25) is 0 Å². The van der Waals surface area contributed by atoms with Crippen molar-refractivity contribution in [3.63, 3.8) is 0 Å². The number of anilines is 1. The Morgan fingerprint density at radius 3 is 2.62 bits per heavy atom. The van der Waals surface area contributed by atoms with E-state index in [0.717, 1.165) is 25.3 Å². The van der Waals surface area contributed by atoms with E-state index in [0.29, 0.717) is 13.1 Å². The lowest BCUT2D eigenvalue weighted by Crippen LogP contribution is -2.44. The van der Waals surface area contributed by atoms with Crippen LogP contribution in [0.1, 0.15) is 35.7 Å². The number of nitrogens with zero attached hydrogens (tertiary/aromatic N) is 2.